The number of rotatable bonds is 7. The van der Waals surface area contributed by atoms with Crippen LogP contribution in [-0.4, -0.2) is 17.0 Å². The van der Waals surface area contributed by atoms with Crippen molar-refractivity contribution in [3.63, 3.8) is 0 Å². The van der Waals surface area contributed by atoms with E-state index in [9.17, 15) is 9.59 Å². The van der Waals surface area contributed by atoms with Gasteiger partial charge in [0.1, 0.15) is 11.5 Å². The number of amides is 1. The van der Waals surface area contributed by atoms with Crippen LogP contribution in [0.3, 0.4) is 0 Å². The monoisotopic (exact) mass is 389 g/mol. The van der Waals surface area contributed by atoms with Gasteiger partial charge < -0.3 is 9.84 Å². The van der Waals surface area contributed by atoms with Crippen LogP contribution in [0.1, 0.15) is 36.2 Å². The molecule has 1 amide bonds. The first-order valence-corrected chi connectivity index (χ1v) is 9.37. The van der Waals surface area contributed by atoms with Gasteiger partial charge in [0, 0.05) is 21.8 Å². The molecule has 0 bridgehead atoms. The second-order valence-electron chi connectivity index (χ2n) is 6.71. The van der Waals surface area contributed by atoms with Crippen LogP contribution in [0.25, 0.3) is 12.3 Å². The highest BCUT2D eigenvalue weighted by molar-refractivity contribution is 6.16. The zero-order valence-electron chi connectivity index (χ0n) is 16.6. The van der Waals surface area contributed by atoms with Gasteiger partial charge in [-0.2, -0.15) is 0 Å². The second kappa shape index (κ2) is 8.19. The summed E-state index contributed by atoms with van der Waals surface area (Å²) >= 11 is 0. The van der Waals surface area contributed by atoms with E-state index in [0.717, 1.165) is 10.9 Å². The van der Waals surface area contributed by atoms with Gasteiger partial charge >= 0.3 is 5.97 Å². The lowest BCUT2D eigenvalue weighted by atomic mass is 10.1. The van der Waals surface area contributed by atoms with Crippen molar-refractivity contribution < 1.29 is 19.4 Å². The van der Waals surface area contributed by atoms with Crippen LogP contribution in [0.2, 0.25) is 0 Å². The number of carbonyl (C=O) groups is 2. The van der Waals surface area contributed by atoms with Crippen LogP contribution in [0.4, 0.5) is 5.69 Å². The number of carboxylic acids is 1. The minimum atomic E-state index is -0.892. The van der Waals surface area contributed by atoms with Crippen molar-refractivity contribution in [3.05, 3.63) is 82.5 Å². The fourth-order valence-electron chi connectivity index (χ4n) is 3.49. The molecule has 5 heteroatoms. The minimum Gasteiger partial charge on any atom is -0.481 e. The Kier molecular flexibility index (Phi) is 5.69. The molecule has 29 heavy (non-hydrogen) atoms. The molecular weight excluding hydrogens is 366 g/mol. The van der Waals surface area contributed by atoms with Crippen LogP contribution in [0.15, 0.2) is 60.9 Å². The number of fused-ring (bicyclic) bond motifs is 1. The smallest absolute Gasteiger partial charge is 0.307 e. The van der Waals surface area contributed by atoms with E-state index < -0.39 is 5.97 Å². The van der Waals surface area contributed by atoms with Gasteiger partial charge in [-0.15, -0.1) is 0 Å². The average molecular weight is 389 g/mol. The third-order valence-corrected chi connectivity index (χ3v) is 4.74. The van der Waals surface area contributed by atoms with Gasteiger partial charge in [0.2, 0.25) is 0 Å². The lowest BCUT2D eigenvalue weighted by Gasteiger charge is -2.20. The molecule has 0 aromatic heterocycles. The predicted molar refractivity (Wildman–Crippen MR) is 114 cm³/mol. The highest BCUT2D eigenvalue weighted by atomic mass is 16.5. The molecule has 5 nitrogen and oxygen atoms in total. The molecule has 0 radical (unpaired) electrons. The van der Waals surface area contributed by atoms with Crippen LogP contribution in [0, 0.1) is 0 Å². The Morgan fingerprint density at radius 3 is 2.48 bits per heavy atom. The molecule has 2 aromatic rings. The van der Waals surface area contributed by atoms with E-state index in [-0.39, 0.29) is 12.3 Å². The molecule has 1 N–H and O–H groups in total. The van der Waals surface area contributed by atoms with Gasteiger partial charge in [-0.05, 0) is 49.2 Å². The van der Waals surface area contributed by atoms with E-state index in [4.69, 9.17) is 9.84 Å². The van der Waals surface area contributed by atoms with Crippen molar-refractivity contribution >= 4 is 29.8 Å². The Labute approximate surface area is 169 Å². The maximum Gasteiger partial charge on any atom is 0.307 e. The quantitative estimate of drug-likeness (QED) is 0.582. The zero-order valence-corrected chi connectivity index (χ0v) is 16.6. The van der Waals surface area contributed by atoms with Gasteiger partial charge in [0.25, 0.3) is 5.91 Å². The molecule has 1 aliphatic heterocycles. The van der Waals surface area contributed by atoms with Crippen molar-refractivity contribution in [1.29, 1.82) is 0 Å². The third-order valence-electron chi connectivity index (χ3n) is 4.74. The first-order chi connectivity index (χ1) is 13.9. The Bertz CT molecular complexity index is 1130. The molecule has 0 aliphatic carbocycles. The number of benzene rings is 2. The normalized spacial score (nSPS) is 13.1. The lowest BCUT2D eigenvalue weighted by molar-refractivity contribution is -0.136. The molecule has 1 heterocycles. The number of allylic oxidation sites excluding steroid dienone is 2. The molecule has 1 aliphatic rings. The Morgan fingerprint density at radius 1 is 1.21 bits per heavy atom. The van der Waals surface area contributed by atoms with Gasteiger partial charge in [-0.25, -0.2) is 0 Å². The van der Waals surface area contributed by atoms with Gasteiger partial charge in [0.05, 0.1) is 12.0 Å². The SMILES string of the molecule is C=C(/C=C\C)Oc1ccc2c(c1=C)=C(CC)N(c1ccc(CC(=O)O)cc1)C2=O. The van der Waals surface area contributed by atoms with Crippen LogP contribution in [-0.2, 0) is 11.2 Å². The Hall–Kier alpha value is -3.60. The molecule has 0 fully saturated rings. The highest BCUT2D eigenvalue weighted by Crippen LogP contribution is 2.28. The third kappa shape index (κ3) is 3.85. The van der Waals surface area contributed by atoms with Crippen LogP contribution in [0.5, 0.6) is 5.75 Å². The number of hydrogen-bond donors (Lipinski definition) is 1. The van der Waals surface area contributed by atoms with E-state index in [0.29, 0.717) is 40.0 Å². The lowest BCUT2D eigenvalue weighted by Crippen LogP contribution is -2.29. The summed E-state index contributed by atoms with van der Waals surface area (Å²) in [4.78, 5) is 25.7. The summed E-state index contributed by atoms with van der Waals surface area (Å²) in [5, 5.41) is 10.4. The summed E-state index contributed by atoms with van der Waals surface area (Å²) in [7, 11) is 0. The fourth-order valence-corrected chi connectivity index (χ4v) is 3.49. The average Bonchev–Trinajstić information content (AvgIpc) is 2.97. The van der Waals surface area contributed by atoms with Gasteiger partial charge in [0.15, 0.2) is 0 Å². The van der Waals surface area contributed by atoms with Crippen molar-refractivity contribution in [3.8, 4) is 5.75 Å². The summed E-state index contributed by atoms with van der Waals surface area (Å²) in [6.45, 7) is 11.9. The first-order valence-electron chi connectivity index (χ1n) is 9.37. The molecule has 0 unspecified atom stereocenters. The molecular formula is C24H23NO4. The molecule has 0 saturated heterocycles. The van der Waals surface area contributed by atoms with Gasteiger partial charge in [-0.1, -0.05) is 38.3 Å². The summed E-state index contributed by atoms with van der Waals surface area (Å²) < 4.78 is 5.79. The molecule has 148 valence electrons. The first kappa shape index (κ1) is 20.1. The standard InChI is InChI=1S/C24H23NO4/c1-5-7-15(3)29-21-13-12-19-23(16(21)4)20(6-2)25(24(19)28)18-10-8-17(9-11-18)14-22(26)27/h5,7-13H,3-4,6,14H2,1-2H3,(H,26,27)/b7-5-. The Balaban J connectivity index is 2.07. The van der Waals surface area contributed by atoms with Crippen molar-refractivity contribution in [2.24, 2.45) is 0 Å². The molecule has 3 rings (SSSR count). The summed E-state index contributed by atoms with van der Waals surface area (Å²) in [5.41, 5.74) is 2.78. The summed E-state index contributed by atoms with van der Waals surface area (Å²) in [6.07, 6.45) is 4.16. The Morgan fingerprint density at radius 2 is 1.90 bits per heavy atom. The number of nitrogens with zero attached hydrogens (tertiary/aromatic N) is 1. The number of carbonyl (C=O) groups excluding carboxylic acids is 1. The fraction of sp³-hybridized carbons (Fsp3) is 0.167. The predicted octanol–water partition coefficient (Wildman–Crippen LogP) is 3.37. The largest absolute Gasteiger partial charge is 0.481 e. The van der Waals surface area contributed by atoms with Crippen molar-refractivity contribution in [1.82, 2.24) is 0 Å². The van der Waals surface area contributed by atoms with Crippen LogP contribution >= 0.6 is 0 Å². The molecule has 0 atom stereocenters. The molecule has 2 aromatic carbocycles. The number of hydrogen-bond acceptors (Lipinski definition) is 3. The van der Waals surface area contributed by atoms with E-state index >= 15 is 0 Å². The van der Waals surface area contributed by atoms with Gasteiger partial charge in [-0.3, -0.25) is 14.5 Å². The van der Waals surface area contributed by atoms with Crippen LogP contribution < -0.4 is 20.1 Å². The maximum absolute atomic E-state index is 13.1. The van der Waals surface area contributed by atoms with Crippen molar-refractivity contribution in [2.75, 3.05) is 4.90 Å². The van der Waals surface area contributed by atoms with Crippen molar-refractivity contribution in [2.45, 2.75) is 26.7 Å². The maximum atomic E-state index is 13.1. The minimum absolute atomic E-state index is 0.0569. The number of anilines is 1. The molecule has 0 spiro atoms. The second-order valence-corrected chi connectivity index (χ2v) is 6.71. The van der Waals surface area contributed by atoms with E-state index in [1.54, 1.807) is 47.4 Å². The van der Waals surface area contributed by atoms with E-state index in [1.165, 1.54) is 0 Å². The zero-order chi connectivity index (χ0) is 21.1. The number of ether oxygens (including phenoxy) is 1. The molecule has 0 saturated carbocycles. The van der Waals surface area contributed by atoms with E-state index in [2.05, 4.69) is 13.2 Å². The number of aliphatic carboxylic acids is 1. The topological polar surface area (TPSA) is 66.8 Å². The summed E-state index contributed by atoms with van der Waals surface area (Å²) in [5.74, 6) is 0.0263. The van der Waals surface area contributed by atoms with E-state index in [1.807, 2.05) is 19.9 Å². The highest BCUT2D eigenvalue weighted by Gasteiger charge is 2.30. The summed E-state index contributed by atoms with van der Waals surface area (Å²) in [6, 6.07) is 10.5. The number of carboxylic acid groups (broad SMARTS) is 1.